The molecule has 1 unspecified atom stereocenters. The molecule has 0 saturated carbocycles. The van der Waals surface area contributed by atoms with Crippen LogP contribution in [0.2, 0.25) is 0 Å². The number of rotatable bonds is 4. The number of hydrogen-bond donors (Lipinski definition) is 0. The van der Waals surface area contributed by atoms with Gasteiger partial charge in [-0.2, -0.15) is 23.4 Å². The largest absolute Gasteiger partial charge is 0.442 e. The number of alkyl halides is 3. The van der Waals surface area contributed by atoms with Crippen LogP contribution in [-0.2, 0) is 18.0 Å². The van der Waals surface area contributed by atoms with E-state index in [0.717, 1.165) is 34.5 Å². The number of anilines is 1. The maximum absolute atomic E-state index is 13.9. The van der Waals surface area contributed by atoms with Crippen molar-refractivity contribution in [3.05, 3.63) is 72.1 Å². The number of carbonyl (C=O) groups is 1. The lowest BCUT2D eigenvalue weighted by atomic mass is 10.1. The molecule has 1 saturated heterocycles. The van der Waals surface area contributed by atoms with Crippen molar-refractivity contribution < 1.29 is 27.1 Å². The third-order valence-electron chi connectivity index (χ3n) is 6.46. The van der Waals surface area contributed by atoms with Gasteiger partial charge in [-0.3, -0.25) is 4.68 Å². The van der Waals surface area contributed by atoms with Gasteiger partial charge in [0, 0.05) is 56.7 Å². The average molecular weight is 516 g/mol. The first kappa shape index (κ1) is 24.6. The molecular formula is C25H24F4N6O2. The summed E-state index contributed by atoms with van der Waals surface area (Å²) in [5.41, 5.74) is 2.65. The zero-order chi connectivity index (χ0) is 26.3. The second kappa shape index (κ2) is 9.41. The molecular weight excluding hydrogens is 492 g/mol. The average Bonchev–Trinajstić information content (AvgIpc) is 3.49. The van der Waals surface area contributed by atoms with E-state index in [9.17, 15) is 22.4 Å². The van der Waals surface area contributed by atoms with E-state index >= 15 is 0 Å². The van der Waals surface area contributed by atoms with Crippen LogP contribution in [0.3, 0.4) is 0 Å². The summed E-state index contributed by atoms with van der Waals surface area (Å²) in [4.78, 5) is 16.3. The number of aryl methyl sites for hydroxylation is 1. The van der Waals surface area contributed by atoms with E-state index in [1.807, 2.05) is 36.1 Å². The molecule has 0 aliphatic carbocycles. The zero-order valence-electron chi connectivity index (χ0n) is 20.1. The Morgan fingerprint density at radius 3 is 2.41 bits per heavy atom. The van der Waals surface area contributed by atoms with E-state index in [2.05, 4.69) is 15.1 Å². The SMILES string of the molecule is CC(OC(=O)N1CCN(c2cnn3cc(-c4cnn(C)c4)ccc23)CC1)c1ccc(C(F)(F)F)c(F)c1. The standard InChI is InChI=1S/C25H24F4N6O2/c1-16(17-3-5-20(21(26)11-17)25(27,28)29)37-24(36)34-9-7-33(8-10-34)23-13-31-35-15-18(4-6-22(23)35)19-12-30-32(2)14-19/h3-6,11-16H,7-10H2,1-2H3. The van der Waals surface area contributed by atoms with E-state index < -0.39 is 29.8 Å². The summed E-state index contributed by atoms with van der Waals surface area (Å²) in [7, 11) is 1.86. The molecule has 3 aromatic heterocycles. The van der Waals surface area contributed by atoms with E-state index in [4.69, 9.17) is 4.74 Å². The van der Waals surface area contributed by atoms with Crippen LogP contribution in [0.15, 0.2) is 55.1 Å². The first-order valence-corrected chi connectivity index (χ1v) is 11.6. The quantitative estimate of drug-likeness (QED) is 0.361. The highest BCUT2D eigenvalue weighted by molar-refractivity contribution is 5.76. The highest BCUT2D eigenvalue weighted by atomic mass is 19.4. The van der Waals surface area contributed by atoms with Gasteiger partial charge < -0.3 is 14.5 Å². The summed E-state index contributed by atoms with van der Waals surface area (Å²) in [5.74, 6) is -1.40. The van der Waals surface area contributed by atoms with Crippen molar-refractivity contribution in [2.45, 2.75) is 19.2 Å². The number of amides is 1. The normalized spacial score (nSPS) is 15.3. The molecule has 1 aliphatic heterocycles. The molecule has 0 spiro atoms. The highest BCUT2D eigenvalue weighted by Gasteiger charge is 2.34. The fourth-order valence-corrected chi connectivity index (χ4v) is 4.39. The lowest BCUT2D eigenvalue weighted by Gasteiger charge is -2.35. The summed E-state index contributed by atoms with van der Waals surface area (Å²) < 4.78 is 61.3. The smallest absolute Gasteiger partial charge is 0.419 e. The van der Waals surface area contributed by atoms with Crippen LogP contribution in [0.25, 0.3) is 16.6 Å². The van der Waals surface area contributed by atoms with Gasteiger partial charge in [-0.25, -0.2) is 13.7 Å². The number of benzene rings is 1. The summed E-state index contributed by atoms with van der Waals surface area (Å²) in [6, 6.07) is 6.53. The van der Waals surface area contributed by atoms with Crippen molar-refractivity contribution in [1.29, 1.82) is 0 Å². The van der Waals surface area contributed by atoms with Crippen LogP contribution in [-0.4, -0.2) is 56.6 Å². The summed E-state index contributed by atoms with van der Waals surface area (Å²) in [6.07, 6.45) is 1.15. The second-order valence-corrected chi connectivity index (χ2v) is 8.92. The molecule has 4 aromatic rings. The van der Waals surface area contributed by atoms with Crippen molar-refractivity contribution >= 4 is 17.3 Å². The molecule has 194 valence electrons. The van der Waals surface area contributed by atoms with Gasteiger partial charge >= 0.3 is 12.3 Å². The van der Waals surface area contributed by atoms with E-state index in [1.165, 1.54) is 11.8 Å². The van der Waals surface area contributed by atoms with Gasteiger partial charge in [0.15, 0.2) is 0 Å². The number of piperazine rings is 1. The number of halogens is 4. The van der Waals surface area contributed by atoms with Crippen LogP contribution in [0, 0.1) is 5.82 Å². The van der Waals surface area contributed by atoms with Crippen molar-refractivity contribution in [3.63, 3.8) is 0 Å². The van der Waals surface area contributed by atoms with Gasteiger partial charge in [0.1, 0.15) is 11.9 Å². The summed E-state index contributed by atoms with van der Waals surface area (Å²) in [6.45, 7) is 3.36. The molecule has 37 heavy (non-hydrogen) atoms. The van der Waals surface area contributed by atoms with Crippen molar-refractivity contribution in [1.82, 2.24) is 24.3 Å². The first-order valence-electron chi connectivity index (χ1n) is 11.6. The third-order valence-corrected chi connectivity index (χ3v) is 6.46. The molecule has 1 amide bonds. The Morgan fingerprint density at radius 1 is 1.00 bits per heavy atom. The topological polar surface area (TPSA) is 67.9 Å². The number of hydrogen-bond acceptors (Lipinski definition) is 5. The number of ether oxygens (including phenoxy) is 1. The van der Waals surface area contributed by atoms with Gasteiger partial charge in [-0.1, -0.05) is 12.1 Å². The van der Waals surface area contributed by atoms with Crippen LogP contribution < -0.4 is 4.90 Å². The number of nitrogens with zero attached hydrogens (tertiary/aromatic N) is 6. The molecule has 8 nitrogen and oxygen atoms in total. The van der Waals surface area contributed by atoms with E-state index in [1.54, 1.807) is 17.1 Å². The molecule has 1 aromatic carbocycles. The Kier molecular flexibility index (Phi) is 6.26. The lowest BCUT2D eigenvalue weighted by Crippen LogP contribution is -2.49. The minimum atomic E-state index is -4.79. The molecule has 1 atom stereocenters. The number of pyridine rings is 1. The predicted octanol–water partition coefficient (Wildman–Crippen LogP) is 4.91. The maximum atomic E-state index is 13.9. The highest BCUT2D eigenvalue weighted by Crippen LogP contribution is 2.33. The summed E-state index contributed by atoms with van der Waals surface area (Å²) >= 11 is 0. The Labute approximate surface area is 209 Å². The van der Waals surface area contributed by atoms with Crippen LogP contribution >= 0.6 is 0 Å². The van der Waals surface area contributed by atoms with Crippen LogP contribution in [0.1, 0.15) is 24.2 Å². The van der Waals surface area contributed by atoms with Gasteiger partial charge in [0.2, 0.25) is 0 Å². The number of aromatic nitrogens is 4. The van der Waals surface area contributed by atoms with Crippen molar-refractivity contribution in [2.75, 3.05) is 31.1 Å². The van der Waals surface area contributed by atoms with Crippen LogP contribution in [0.4, 0.5) is 28.0 Å². The molecule has 1 aliphatic rings. The first-order chi connectivity index (χ1) is 17.6. The third kappa shape index (κ3) is 4.95. The van der Waals surface area contributed by atoms with Crippen molar-refractivity contribution in [3.8, 4) is 11.1 Å². The van der Waals surface area contributed by atoms with Gasteiger partial charge in [0.05, 0.1) is 29.2 Å². The molecule has 0 bridgehead atoms. The van der Waals surface area contributed by atoms with E-state index in [0.29, 0.717) is 32.2 Å². The molecule has 1 fully saturated rings. The minimum absolute atomic E-state index is 0.148. The molecule has 12 heteroatoms. The Hall–Kier alpha value is -4.09. The zero-order valence-corrected chi connectivity index (χ0v) is 20.1. The molecule has 4 heterocycles. The van der Waals surface area contributed by atoms with Gasteiger partial charge in [-0.05, 0) is 30.7 Å². The van der Waals surface area contributed by atoms with Gasteiger partial charge in [0.25, 0.3) is 0 Å². The fraction of sp³-hybridized carbons (Fsp3) is 0.320. The molecule has 0 radical (unpaired) electrons. The fourth-order valence-electron chi connectivity index (χ4n) is 4.39. The number of fused-ring (bicyclic) bond motifs is 1. The monoisotopic (exact) mass is 516 g/mol. The maximum Gasteiger partial charge on any atom is 0.419 e. The predicted molar refractivity (Wildman–Crippen MR) is 127 cm³/mol. The Balaban J connectivity index is 1.21. The van der Waals surface area contributed by atoms with Gasteiger partial charge in [-0.15, -0.1) is 0 Å². The Bertz CT molecular complexity index is 1440. The minimum Gasteiger partial charge on any atom is -0.442 e. The van der Waals surface area contributed by atoms with E-state index in [-0.39, 0.29) is 5.56 Å². The summed E-state index contributed by atoms with van der Waals surface area (Å²) in [5, 5.41) is 8.69. The van der Waals surface area contributed by atoms with Crippen molar-refractivity contribution in [2.24, 2.45) is 7.05 Å². The molecule has 0 N–H and O–H groups in total. The number of carbonyl (C=O) groups excluding carboxylic acids is 1. The molecule has 5 rings (SSSR count). The lowest BCUT2D eigenvalue weighted by molar-refractivity contribution is -0.140. The second-order valence-electron chi connectivity index (χ2n) is 8.92. The Morgan fingerprint density at radius 2 is 1.76 bits per heavy atom. The van der Waals surface area contributed by atoms with Crippen LogP contribution in [0.5, 0.6) is 0 Å².